The molecule has 1 fully saturated rings. The zero-order valence-electron chi connectivity index (χ0n) is 12.4. The van der Waals surface area contributed by atoms with Gasteiger partial charge < -0.3 is 16.0 Å². The molecule has 0 heterocycles. The molecule has 6 heteroatoms. The highest BCUT2D eigenvalue weighted by atomic mass is 32.1. The second-order valence-electron chi connectivity index (χ2n) is 5.23. The van der Waals surface area contributed by atoms with Crippen LogP contribution in [0.4, 0.5) is 0 Å². The lowest BCUT2D eigenvalue weighted by molar-refractivity contribution is -0.131. The SMILES string of the molecule is CCN(CC)C(=O)CCNC(=O)C1(C(N)=S)CCCC1. The van der Waals surface area contributed by atoms with Crippen molar-refractivity contribution in [3.63, 3.8) is 0 Å². The molecule has 0 spiro atoms. The monoisotopic (exact) mass is 299 g/mol. The summed E-state index contributed by atoms with van der Waals surface area (Å²) in [7, 11) is 0. The Balaban J connectivity index is 2.47. The van der Waals surface area contributed by atoms with Crippen LogP contribution in [0.25, 0.3) is 0 Å². The van der Waals surface area contributed by atoms with Crippen molar-refractivity contribution in [2.45, 2.75) is 46.0 Å². The molecule has 2 amide bonds. The maximum atomic E-state index is 12.3. The molecule has 0 saturated heterocycles. The van der Waals surface area contributed by atoms with Gasteiger partial charge in [0.15, 0.2) is 0 Å². The van der Waals surface area contributed by atoms with Crippen LogP contribution in [0, 0.1) is 5.41 Å². The van der Waals surface area contributed by atoms with E-state index in [0.29, 0.717) is 26.1 Å². The fourth-order valence-electron chi connectivity index (χ4n) is 2.75. The largest absolute Gasteiger partial charge is 0.392 e. The van der Waals surface area contributed by atoms with Gasteiger partial charge in [0.1, 0.15) is 0 Å². The lowest BCUT2D eigenvalue weighted by Gasteiger charge is -2.26. The van der Waals surface area contributed by atoms with E-state index in [2.05, 4.69) is 5.32 Å². The summed E-state index contributed by atoms with van der Waals surface area (Å²) in [5.41, 5.74) is 5.06. The number of nitrogens with one attached hydrogen (secondary N) is 1. The second kappa shape index (κ2) is 7.57. The molecule has 0 radical (unpaired) electrons. The maximum Gasteiger partial charge on any atom is 0.233 e. The average Bonchev–Trinajstić information content (AvgIpc) is 2.90. The van der Waals surface area contributed by atoms with E-state index in [1.54, 1.807) is 4.90 Å². The van der Waals surface area contributed by atoms with Gasteiger partial charge in [0.2, 0.25) is 11.8 Å². The molecule has 1 rings (SSSR count). The van der Waals surface area contributed by atoms with Crippen LogP contribution in [0.1, 0.15) is 46.0 Å². The lowest BCUT2D eigenvalue weighted by atomic mass is 9.85. The lowest BCUT2D eigenvalue weighted by Crippen LogP contribution is -2.48. The van der Waals surface area contributed by atoms with E-state index in [0.717, 1.165) is 25.7 Å². The van der Waals surface area contributed by atoms with Crippen LogP contribution < -0.4 is 11.1 Å². The molecule has 20 heavy (non-hydrogen) atoms. The molecule has 0 aromatic carbocycles. The topological polar surface area (TPSA) is 75.4 Å². The Morgan fingerprint density at radius 2 is 1.80 bits per heavy atom. The van der Waals surface area contributed by atoms with Gasteiger partial charge in [0.25, 0.3) is 0 Å². The van der Waals surface area contributed by atoms with E-state index >= 15 is 0 Å². The highest BCUT2D eigenvalue weighted by Crippen LogP contribution is 2.38. The van der Waals surface area contributed by atoms with Crippen molar-refractivity contribution in [2.24, 2.45) is 11.1 Å². The second-order valence-corrected chi connectivity index (χ2v) is 5.67. The summed E-state index contributed by atoms with van der Waals surface area (Å²) in [6.45, 7) is 5.62. The van der Waals surface area contributed by atoms with E-state index in [1.165, 1.54) is 0 Å². The van der Waals surface area contributed by atoms with Gasteiger partial charge in [-0.3, -0.25) is 9.59 Å². The number of hydrogen-bond donors (Lipinski definition) is 2. The molecular weight excluding hydrogens is 274 g/mol. The molecule has 0 bridgehead atoms. The smallest absolute Gasteiger partial charge is 0.233 e. The molecule has 1 aliphatic carbocycles. The summed E-state index contributed by atoms with van der Waals surface area (Å²) < 4.78 is 0. The first-order valence-corrected chi connectivity index (χ1v) is 7.74. The molecule has 0 aliphatic heterocycles. The van der Waals surface area contributed by atoms with Gasteiger partial charge in [-0.05, 0) is 26.7 Å². The van der Waals surface area contributed by atoms with Crippen molar-refractivity contribution in [1.29, 1.82) is 0 Å². The first-order valence-electron chi connectivity index (χ1n) is 7.34. The van der Waals surface area contributed by atoms with E-state index in [1.807, 2.05) is 13.8 Å². The van der Waals surface area contributed by atoms with Crippen LogP contribution >= 0.6 is 12.2 Å². The zero-order valence-corrected chi connectivity index (χ0v) is 13.2. The van der Waals surface area contributed by atoms with E-state index in [4.69, 9.17) is 18.0 Å². The third kappa shape index (κ3) is 3.69. The van der Waals surface area contributed by atoms with Gasteiger partial charge in [-0.2, -0.15) is 0 Å². The Morgan fingerprint density at radius 3 is 2.25 bits per heavy atom. The molecule has 0 unspecified atom stereocenters. The minimum absolute atomic E-state index is 0.0612. The fraction of sp³-hybridized carbons (Fsp3) is 0.786. The molecule has 5 nitrogen and oxygen atoms in total. The van der Waals surface area contributed by atoms with Gasteiger partial charge in [-0.25, -0.2) is 0 Å². The maximum absolute atomic E-state index is 12.3. The van der Waals surface area contributed by atoms with Gasteiger partial charge in [0, 0.05) is 26.1 Å². The van der Waals surface area contributed by atoms with Gasteiger partial charge >= 0.3 is 0 Å². The standard InChI is InChI=1S/C14H25N3O2S/c1-3-17(4-2)11(18)7-10-16-13(19)14(12(15)20)8-5-6-9-14/h3-10H2,1-2H3,(H2,15,20)(H,16,19). The van der Waals surface area contributed by atoms with Crippen LogP contribution in [0.2, 0.25) is 0 Å². The van der Waals surface area contributed by atoms with E-state index in [-0.39, 0.29) is 16.8 Å². The highest BCUT2D eigenvalue weighted by Gasteiger charge is 2.43. The molecule has 0 atom stereocenters. The van der Waals surface area contributed by atoms with Crippen molar-refractivity contribution >= 4 is 29.0 Å². The summed E-state index contributed by atoms with van der Waals surface area (Å²) in [6.07, 6.45) is 3.71. The van der Waals surface area contributed by atoms with E-state index < -0.39 is 5.41 Å². The van der Waals surface area contributed by atoms with Crippen molar-refractivity contribution < 1.29 is 9.59 Å². The summed E-state index contributed by atoms with van der Waals surface area (Å²) in [5.74, 6) is -0.0547. The molecule has 1 aliphatic rings. The first-order chi connectivity index (χ1) is 9.47. The number of nitrogens with zero attached hydrogens (tertiary/aromatic N) is 1. The average molecular weight is 299 g/mol. The number of carbonyl (C=O) groups is 2. The van der Waals surface area contributed by atoms with Gasteiger partial charge in [-0.1, -0.05) is 25.1 Å². The molecule has 0 aromatic heterocycles. The molecular formula is C14H25N3O2S. The number of rotatable bonds is 7. The highest BCUT2D eigenvalue weighted by molar-refractivity contribution is 7.80. The Bertz CT molecular complexity index is 375. The van der Waals surface area contributed by atoms with Crippen molar-refractivity contribution in [2.75, 3.05) is 19.6 Å². The molecule has 1 saturated carbocycles. The minimum Gasteiger partial charge on any atom is -0.392 e. The zero-order chi connectivity index (χ0) is 15.2. The summed E-state index contributed by atoms with van der Waals surface area (Å²) in [4.78, 5) is 26.2. The number of amides is 2. The van der Waals surface area contributed by atoms with Crippen molar-refractivity contribution in [3.8, 4) is 0 Å². The number of hydrogen-bond acceptors (Lipinski definition) is 3. The van der Waals surface area contributed by atoms with Crippen LogP contribution in [0.3, 0.4) is 0 Å². The third-order valence-electron chi connectivity index (χ3n) is 4.10. The Hall–Kier alpha value is -1.17. The normalized spacial score (nSPS) is 16.7. The summed E-state index contributed by atoms with van der Waals surface area (Å²) >= 11 is 5.07. The Kier molecular flexibility index (Phi) is 6.39. The minimum atomic E-state index is -0.687. The predicted octanol–water partition coefficient (Wildman–Crippen LogP) is 1.21. The van der Waals surface area contributed by atoms with Crippen LogP contribution in [-0.2, 0) is 9.59 Å². The van der Waals surface area contributed by atoms with E-state index in [9.17, 15) is 9.59 Å². The Morgan fingerprint density at radius 1 is 1.25 bits per heavy atom. The van der Waals surface area contributed by atoms with Crippen molar-refractivity contribution in [3.05, 3.63) is 0 Å². The molecule has 114 valence electrons. The molecule has 0 aromatic rings. The number of nitrogens with two attached hydrogens (primary N) is 1. The fourth-order valence-corrected chi connectivity index (χ4v) is 3.05. The van der Waals surface area contributed by atoms with Gasteiger partial charge in [-0.15, -0.1) is 0 Å². The quantitative estimate of drug-likeness (QED) is 0.693. The number of thiocarbonyl (C=S) groups is 1. The Labute approximate surface area is 126 Å². The third-order valence-corrected chi connectivity index (χ3v) is 4.49. The van der Waals surface area contributed by atoms with Gasteiger partial charge in [0.05, 0.1) is 10.4 Å². The summed E-state index contributed by atoms with van der Waals surface area (Å²) in [5, 5.41) is 2.83. The molecule has 3 N–H and O–H groups in total. The van der Waals surface area contributed by atoms with Crippen LogP contribution in [-0.4, -0.2) is 41.3 Å². The predicted molar refractivity (Wildman–Crippen MR) is 83.2 cm³/mol. The van der Waals surface area contributed by atoms with Crippen LogP contribution in [0.5, 0.6) is 0 Å². The first kappa shape index (κ1) is 16.9. The summed E-state index contributed by atoms with van der Waals surface area (Å²) in [6, 6.07) is 0. The van der Waals surface area contributed by atoms with Crippen molar-refractivity contribution in [1.82, 2.24) is 10.2 Å². The number of carbonyl (C=O) groups excluding carboxylic acids is 2. The van der Waals surface area contributed by atoms with Crippen LogP contribution in [0.15, 0.2) is 0 Å².